The Labute approximate surface area is 106 Å². The Hall–Kier alpha value is -1.18. The number of H-pyrrole nitrogens is 1. The van der Waals surface area contributed by atoms with Crippen molar-refractivity contribution >= 4 is 10.0 Å². The van der Waals surface area contributed by atoms with Crippen LogP contribution in [0.25, 0.3) is 0 Å². The van der Waals surface area contributed by atoms with E-state index in [9.17, 15) is 13.2 Å². The Morgan fingerprint density at radius 1 is 1.33 bits per heavy atom. The predicted octanol–water partition coefficient (Wildman–Crippen LogP) is -0.300. The molecule has 0 aromatic carbocycles. The summed E-state index contributed by atoms with van der Waals surface area (Å²) >= 11 is 0. The van der Waals surface area contributed by atoms with E-state index < -0.39 is 10.0 Å². The van der Waals surface area contributed by atoms with Gasteiger partial charge in [0.05, 0.1) is 4.90 Å². The Kier molecular flexibility index (Phi) is 3.56. The first-order chi connectivity index (χ1) is 8.41. The molecule has 18 heavy (non-hydrogen) atoms. The second-order valence-corrected chi connectivity index (χ2v) is 6.52. The number of hydrogen-bond acceptors (Lipinski definition) is 4. The minimum Gasteiger partial charge on any atom is -0.328 e. The third kappa shape index (κ3) is 2.47. The van der Waals surface area contributed by atoms with Crippen molar-refractivity contribution in [3.63, 3.8) is 0 Å². The third-order valence-electron chi connectivity index (χ3n) is 3.32. The lowest BCUT2D eigenvalue weighted by Gasteiger charge is -2.36. The summed E-state index contributed by atoms with van der Waals surface area (Å²) in [7, 11) is -1.52. The second kappa shape index (κ2) is 4.83. The van der Waals surface area contributed by atoms with Crippen LogP contribution in [0.4, 0.5) is 0 Å². The summed E-state index contributed by atoms with van der Waals surface area (Å²) in [6.45, 7) is 3.65. The molecule has 0 bridgehead atoms. The summed E-state index contributed by atoms with van der Waals surface area (Å²) in [5.74, 6) is 0. The number of rotatable bonds is 2. The van der Waals surface area contributed by atoms with Crippen LogP contribution in [0, 0.1) is 0 Å². The SMILES string of the molecule is CC1CN(S(=O)(=O)c2ccc(=O)[nH]c2)CCN1C. The van der Waals surface area contributed by atoms with Gasteiger partial charge in [0.25, 0.3) is 0 Å². The molecule has 1 aromatic heterocycles. The fourth-order valence-corrected chi connectivity index (χ4v) is 3.42. The molecule has 1 atom stereocenters. The second-order valence-electron chi connectivity index (χ2n) is 4.58. The number of nitrogens with zero attached hydrogens (tertiary/aromatic N) is 2. The number of pyridine rings is 1. The van der Waals surface area contributed by atoms with Crippen molar-refractivity contribution in [1.29, 1.82) is 0 Å². The number of piperazine rings is 1. The average Bonchev–Trinajstić information content (AvgIpc) is 2.33. The molecule has 100 valence electrons. The Balaban J connectivity index is 2.26. The number of nitrogens with one attached hydrogen (secondary N) is 1. The molecular weight excluding hydrogens is 254 g/mol. The van der Waals surface area contributed by atoms with Gasteiger partial charge in [-0.3, -0.25) is 4.79 Å². The maximum atomic E-state index is 12.3. The van der Waals surface area contributed by atoms with Gasteiger partial charge in [-0.05, 0) is 20.0 Å². The molecule has 2 heterocycles. The Morgan fingerprint density at radius 2 is 2.06 bits per heavy atom. The van der Waals surface area contributed by atoms with E-state index in [4.69, 9.17) is 0 Å². The van der Waals surface area contributed by atoms with Crippen LogP contribution >= 0.6 is 0 Å². The van der Waals surface area contributed by atoms with Gasteiger partial charge in [0.2, 0.25) is 15.6 Å². The highest BCUT2D eigenvalue weighted by atomic mass is 32.2. The van der Waals surface area contributed by atoms with Gasteiger partial charge in [-0.15, -0.1) is 0 Å². The number of likely N-dealkylation sites (N-methyl/N-ethyl adjacent to an activating group) is 1. The Morgan fingerprint density at radius 3 is 2.61 bits per heavy atom. The van der Waals surface area contributed by atoms with Crippen LogP contribution in [0.3, 0.4) is 0 Å². The minimum absolute atomic E-state index is 0.138. The van der Waals surface area contributed by atoms with Gasteiger partial charge in [0.1, 0.15) is 0 Å². The summed E-state index contributed by atoms with van der Waals surface area (Å²) in [6, 6.07) is 2.76. The maximum absolute atomic E-state index is 12.3. The molecule has 1 saturated heterocycles. The van der Waals surface area contributed by atoms with Crippen molar-refractivity contribution in [3.8, 4) is 0 Å². The highest BCUT2D eigenvalue weighted by Gasteiger charge is 2.30. The fraction of sp³-hybridized carbons (Fsp3) is 0.545. The van der Waals surface area contributed by atoms with E-state index >= 15 is 0 Å². The molecule has 2 rings (SSSR count). The summed E-state index contributed by atoms with van der Waals surface area (Å²) in [5.41, 5.74) is -0.305. The average molecular weight is 271 g/mol. The molecule has 7 heteroatoms. The van der Waals surface area contributed by atoms with E-state index in [1.165, 1.54) is 22.6 Å². The molecule has 1 N–H and O–H groups in total. The van der Waals surface area contributed by atoms with E-state index in [0.29, 0.717) is 19.6 Å². The van der Waals surface area contributed by atoms with Gasteiger partial charge in [-0.1, -0.05) is 0 Å². The van der Waals surface area contributed by atoms with E-state index in [2.05, 4.69) is 9.88 Å². The third-order valence-corrected chi connectivity index (χ3v) is 5.18. The lowest BCUT2D eigenvalue weighted by atomic mass is 10.2. The molecule has 1 aliphatic heterocycles. The van der Waals surface area contributed by atoms with Crippen LogP contribution in [0.5, 0.6) is 0 Å². The minimum atomic E-state index is -3.50. The zero-order chi connectivity index (χ0) is 13.3. The van der Waals surface area contributed by atoms with Gasteiger partial charge in [-0.2, -0.15) is 4.31 Å². The monoisotopic (exact) mass is 271 g/mol. The van der Waals surface area contributed by atoms with E-state index in [-0.39, 0.29) is 16.5 Å². The van der Waals surface area contributed by atoms with Crippen molar-refractivity contribution in [2.75, 3.05) is 26.7 Å². The van der Waals surface area contributed by atoms with Gasteiger partial charge in [0.15, 0.2) is 0 Å². The van der Waals surface area contributed by atoms with E-state index in [1.807, 2.05) is 14.0 Å². The van der Waals surface area contributed by atoms with Gasteiger partial charge >= 0.3 is 0 Å². The van der Waals surface area contributed by atoms with Crippen LogP contribution in [0.15, 0.2) is 28.0 Å². The van der Waals surface area contributed by atoms with E-state index in [1.54, 1.807) is 0 Å². The van der Waals surface area contributed by atoms with Crippen molar-refractivity contribution in [2.24, 2.45) is 0 Å². The van der Waals surface area contributed by atoms with Crippen LogP contribution in [-0.2, 0) is 10.0 Å². The first kappa shape index (κ1) is 13.3. The van der Waals surface area contributed by atoms with Crippen molar-refractivity contribution in [2.45, 2.75) is 17.9 Å². The first-order valence-corrected chi connectivity index (χ1v) is 7.24. The summed E-state index contributed by atoms with van der Waals surface area (Å²) in [4.78, 5) is 15.6. The summed E-state index contributed by atoms with van der Waals surface area (Å²) < 4.78 is 26.1. The summed E-state index contributed by atoms with van der Waals surface area (Å²) in [6.07, 6.45) is 1.25. The molecule has 0 radical (unpaired) electrons. The highest BCUT2D eigenvalue weighted by molar-refractivity contribution is 7.89. The van der Waals surface area contributed by atoms with Crippen molar-refractivity contribution in [1.82, 2.24) is 14.2 Å². The maximum Gasteiger partial charge on any atom is 0.247 e. The lowest BCUT2D eigenvalue weighted by Crippen LogP contribution is -2.51. The van der Waals surface area contributed by atoms with Crippen LogP contribution < -0.4 is 5.56 Å². The largest absolute Gasteiger partial charge is 0.328 e. The van der Waals surface area contributed by atoms with E-state index in [0.717, 1.165) is 0 Å². The van der Waals surface area contributed by atoms with Crippen LogP contribution in [0.2, 0.25) is 0 Å². The molecule has 1 unspecified atom stereocenters. The molecule has 0 spiro atoms. The lowest BCUT2D eigenvalue weighted by molar-refractivity contribution is 0.159. The van der Waals surface area contributed by atoms with Gasteiger partial charge in [0, 0.05) is 37.9 Å². The number of hydrogen-bond donors (Lipinski definition) is 1. The molecule has 6 nitrogen and oxygen atoms in total. The fourth-order valence-electron chi connectivity index (χ4n) is 1.94. The predicted molar refractivity (Wildman–Crippen MR) is 67.9 cm³/mol. The number of aromatic nitrogens is 1. The Bertz CT molecular complexity index is 561. The molecule has 0 aliphatic carbocycles. The smallest absolute Gasteiger partial charge is 0.247 e. The number of sulfonamides is 1. The normalized spacial score (nSPS) is 23.1. The molecule has 1 aliphatic rings. The zero-order valence-corrected chi connectivity index (χ0v) is 11.3. The summed E-state index contributed by atoms with van der Waals surface area (Å²) in [5, 5.41) is 0. The molecule has 0 amide bonds. The first-order valence-electron chi connectivity index (χ1n) is 5.80. The van der Waals surface area contributed by atoms with Crippen LogP contribution in [-0.4, -0.2) is 55.3 Å². The van der Waals surface area contributed by atoms with Crippen molar-refractivity contribution < 1.29 is 8.42 Å². The van der Waals surface area contributed by atoms with Gasteiger partial charge in [-0.25, -0.2) is 8.42 Å². The standard InChI is InChI=1S/C11H17N3O3S/c1-9-8-14(6-5-13(9)2)18(16,17)10-3-4-11(15)12-7-10/h3-4,7,9H,5-6,8H2,1-2H3,(H,12,15). The quantitative estimate of drug-likeness (QED) is 0.801. The molecule has 1 fully saturated rings. The molecule has 0 saturated carbocycles. The number of aromatic amines is 1. The zero-order valence-electron chi connectivity index (χ0n) is 10.5. The molecular formula is C11H17N3O3S. The van der Waals surface area contributed by atoms with Crippen molar-refractivity contribution in [3.05, 3.63) is 28.7 Å². The molecule has 1 aromatic rings. The van der Waals surface area contributed by atoms with Crippen LogP contribution in [0.1, 0.15) is 6.92 Å². The van der Waals surface area contributed by atoms with Gasteiger partial charge < -0.3 is 9.88 Å². The highest BCUT2D eigenvalue weighted by Crippen LogP contribution is 2.17. The topological polar surface area (TPSA) is 73.5 Å².